The molecule has 0 unspecified atom stereocenters. The quantitative estimate of drug-likeness (QED) is 0.467. The molecule has 0 heterocycles. The van der Waals surface area contributed by atoms with Crippen molar-refractivity contribution in [2.45, 2.75) is 118 Å². The van der Waals surface area contributed by atoms with Crippen molar-refractivity contribution in [2.75, 3.05) is 0 Å². The van der Waals surface area contributed by atoms with Gasteiger partial charge < -0.3 is 5.11 Å². The first-order chi connectivity index (χ1) is 13.7. The zero-order valence-electron chi connectivity index (χ0n) is 20.3. The van der Waals surface area contributed by atoms with Crippen LogP contribution < -0.4 is 0 Å². The Labute approximate surface area is 181 Å². The van der Waals surface area contributed by atoms with Crippen molar-refractivity contribution in [3.63, 3.8) is 0 Å². The second-order valence-corrected chi connectivity index (χ2v) is 12.6. The lowest BCUT2D eigenvalue weighted by Crippen LogP contribution is -2.45. The maximum atomic E-state index is 10.3. The van der Waals surface area contributed by atoms with Crippen LogP contribution >= 0.6 is 0 Å². The smallest absolute Gasteiger partial charge is 0.0543 e. The summed E-state index contributed by atoms with van der Waals surface area (Å²) in [5.41, 5.74) is 4.75. The molecule has 4 aliphatic carbocycles. The normalized spacial score (nSPS) is 44.3. The number of hydrogen-bond donors (Lipinski definition) is 1. The minimum Gasteiger partial charge on any atom is -0.393 e. The van der Waals surface area contributed by atoms with Gasteiger partial charge in [0.05, 0.1) is 6.10 Å². The first-order valence-corrected chi connectivity index (χ1v) is 13.1. The van der Waals surface area contributed by atoms with Gasteiger partial charge in [-0.2, -0.15) is 0 Å². The molecule has 0 aromatic heterocycles. The summed E-state index contributed by atoms with van der Waals surface area (Å²) in [7, 11) is 0. The molecule has 4 rings (SSSR count). The molecular formula is C28H48O. The highest BCUT2D eigenvalue weighted by Crippen LogP contribution is 2.66. The average molecular weight is 401 g/mol. The maximum Gasteiger partial charge on any atom is 0.0543 e. The second-order valence-electron chi connectivity index (χ2n) is 12.6. The van der Waals surface area contributed by atoms with E-state index in [9.17, 15) is 5.11 Å². The summed E-state index contributed by atoms with van der Waals surface area (Å²) in [6.07, 6.45) is 14.5. The van der Waals surface area contributed by atoms with Gasteiger partial charge in [-0.3, -0.25) is 0 Å². The van der Waals surface area contributed by atoms with Crippen molar-refractivity contribution < 1.29 is 5.11 Å². The van der Waals surface area contributed by atoms with Gasteiger partial charge >= 0.3 is 0 Å². The molecule has 1 nitrogen and oxygen atoms in total. The van der Waals surface area contributed by atoms with Gasteiger partial charge in [-0.15, -0.1) is 0 Å². The molecule has 2 fully saturated rings. The minimum atomic E-state index is -0.0333. The molecule has 0 aliphatic heterocycles. The maximum absolute atomic E-state index is 10.3. The van der Waals surface area contributed by atoms with E-state index in [-0.39, 0.29) is 6.10 Å². The van der Waals surface area contributed by atoms with Crippen molar-refractivity contribution >= 4 is 0 Å². The van der Waals surface area contributed by atoms with Gasteiger partial charge in [-0.25, -0.2) is 0 Å². The molecule has 29 heavy (non-hydrogen) atoms. The molecule has 0 bridgehead atoms. The van der Waals surface area contributed by atoms with E-state index in [1.54, 1.807) is 0 Å². The Hall–Kier alpha value is -0.300. The van der Waals surface area contributed by atoms with Crippen LogP contribution in [0.15, 0.2) is 11.1 Å². The summed E-state index contributed by atoms with van der Waals surface area (Å²) in [5.74, 6) is 5.10. The zero-order valence-corrected chi connectivity index (χ0v) is 20.3. The van der Waals surface area contributed by atoms with Crippen molar-refractivity contribution in [1.82, 2.24) is 0 Å². The summed E-state index contributed by atoms with van der Waals surface area (Å²) in [6.45, 7) is 15.1. The Morgan fingerprint density at radius 3 is 2.41 bits per heavy atom. The highest BCUT2D eigenvalue weighted by molar-refractivity contribution is 5.34. The fourth-order valence-corrected chi connectivity index (χ4v) is 8.47. The van der Waals surface area contributed by atoms with Crippen LogP contribution in [0.3, 0.4) is 0 Å². The standard InChI is InChI=1S/C28H48O/c1-18(2)19(3)7-8-20(4)24-11-12-25-23-10-9-21-17-22(29)13-15-27(21,5)26(23)14-16-28(24,25)6/h18-22,24-25,29H,7-17H2,1-6H3/t19-,20-,21+,22+,24-,25+,27+,28-/m1/s1. The molecule has 8 atom stereocenters. The molecule has 0 spiro atoms. The molecule has 2 saturated carbocycles. The highest BCUT2D eigenvalue weighted by Gasteiger charge is 2.55. The van der Waals surface area contributed by atoms with E-state index in [0.717, 1.165) is 48.3 Å². The van der Waals surface area contributed by atoms with E-state index in [1.165, 1.54) is 57.8 Å². The lowest BCUT2D eigenvalue weighted by Gasteiger charge is -2.55. The molecule has 0 radical (unpaired) electrons. The lowest BCUT2D eigenvalue weighted by atomic mass is 9.50. The van der Waals surface area contributed by atoms with Gasteiger partial charge in [0.2, 0.25) is 0 Å². The van der Waals surface area contributed by atoms with Crippen LogP contribution in [0, 0.1) is 46.3 Å². The molecule has 166 valence electrons. The molecule has 0 amide bonds. The summed E-state index contributed by atoms with van der Waals surface area (Å²) < 4.78 is 0. The first kappa shape index (κ1) is 21.9. The molecule has 1 heteroatoms. The fraction of sp³-hybridized carbons (Fsp3) is 0.929. The molecule has 0 aromatic carbocycles. The van der Waals surface area contributed by atoms with Crippen LogP contribution in [0.25, 0.3) is 0 Å². The van der Waals surface area contributed by atoms with Crippen LogP contribution in [0.2, 0.25) is 0 Å². The predicted molar refractivity (Wildman–Crippen MR) is 124 cm³/mol. The van der Waals surface area contributed by atoms with Gasteiger partial charge in [0.1, 0.15) is 0 Å². The number of aliphatic hydroxyl groups excluding tert-OH is 1. The Kier molecular flexibility index (Phi) is 6.04. The Balaban J connectivity index is 1.52. The van der Waals surface area contributed by atoms with Crippen molar-refractivity contribution in [3.05, 3.63) is 11.1 Å². The number of rotatable bonds is 5. The zero-order chi connectivity index (χ0) is 21.0. The monoisotopic (exact) mass is 400 g/mol. The SMILES string of the molecule is CC(C)[C@H](C)CC[C@@H](C)[C@H]1CC[C@H]2C3=C(CC[C@]12C)[C@@]1(C)CC[C@H](O)C[C@@H]1CC3. The van der Waals surface area contributed by atoms with E-state index in [1.807, 2.05) is 11.1 Å². The van der Waals surface area contributed by atoms with Gasteiger partial charge in [-0.05, 0) is 104 Å². The summed E-state index contributed by atoms with van der Waals surface area (Å²) >= 11 is 0. The predicted octanol–water partition coefficient (Wildman–Crippen LogP) is 7.78. The van der Waals surface area contributed by atoms with Gasteiger partial charge in [-0.1, -0.05) is 65.5 Å². The van der Waals surface area contributed by atoms with Crippen LogP contribution in [0.5, 0.6) is 0 Å². The van der Waals surface area contributed by atoms with Crippen molar-refractivity contribution in [3.8, 4) is 0 Å². The van der Waals surface area contributed by atoms with Crippen LogP contribution in [-0.4, -0.2) is 11.2 Å². The van der Waals surface area contributed by atoms with E-state index in [4.69, 9.17) is 0 Å². The number of aliphatic hydroxyl groups is 1. The number of allylic oxidation sites excluding steroid dienone is 2. The number of hydrogen-bond acceptors (Lipinski definition) is 1. The van der Waals surface area contributed by atoms with E-state index in [0.29, 0.717) is 10.8 Å². The topological polar surface area (TPSA) is 20.2 Å². The van der Waals surface area contributed by atoms with Crippen LogP contribution in [-0.2, 0) is 0 Å². The first-order valence-electron chi connectivity index (χ1n) is 13.1. The Bertz CT molecular complexity index is 632. The van der Waals surface area contributed by atoms with E-state index in [2.05, 4.69) is 41.5 Å². The molecular weight excluding hydrogens is 352 g/mol. The molecule has 0 saturated heterocycles. The number of fused-ring (bicyclic) bond motifs is 4. The summed E-state index contributed by atoms with van der Waals surface area (Å²) in [5, 5.41) is 10.3. The molecule has 1 N–H and O–H groups in total. The van der Waals surface area contributed by atoms with Crippen molar-refractivity contribution in [2.24, 2.45) is 46.3 Å². The fourth-order valence-electron chi connectivity index (χ4n) is 8.47. The van der Waals surface area contributed by atoms with E-state index >= 15 is 0 Å². The largest absolute Gasteiger partial charge is 0.393 e. The average Bonchev–Trinajstić information content (AvgIpc) is 3.03. The van der Waals surface area contributed by atoms with Crippen LogP contribution in [0.4, 0.5) is 0 Å². The van der Waals surface area contributed by atoms with Gasteiger partial charge in [0, 0.05) is 0 Å². The Morgan fingerprint density at radius 2 is 1.69 bits per heavy atom. The van der Waals surface area contributed by atoms with Gasteiger partial charge in [0.15, 0.2) is 0 Å². The summed E-state index contributed by atoms with van der Waals surface area (Å²) in [6, 6.07) is 0. The van der Waals surface area contributed by atoms with Gasteiger partial charge in [0.25, 0.3) is 0 Å². The highest BCUT2D eigenvalue weighted by atomic mass is 16.3. The molecule has 0 aromatic rings. The Morgan fingerprint density at radius 1 is 0.931 bits per heavy atom. The van der Waals surface area contributed by atoms with Crippen molar-refractivity contribution in [1.29, 1.82) is 0 Å². The summed E-state index contributed by atoms with van der Waals surface area (Å²) in [4.78, 5) is 0. The lowest BCUT2D eigenvalue weighted by molar-refractivity contribution is 0.0131. The second kappa shape index (κ2) is 7.99. The van der Waals surface area contributed by atoms with E-state index < -0.39 is 0 Å². The molecule has 4 aliphatic rings. The third-order valence-corrected chi connectivity index (χ3v) is 10.9. The third kappa shape index (κ3) is 3.66. The third-order valence-electron chi connectivity index (χ3n) is 10.9. The minimum absolute atomic E-state index is 0.0333. The van der Waals surface area contributed by atoms with Crippen LogP contribution in [0.1, 0.15) is 112 Å².